The van der Waals surface area contributed by atoms with Crippen LogP contribution in [-0.2, 0) is 0 Å². The molecule has 2 heteroatoms. The first-order chi connectivity index (χ1) is 30.7. The number of hydrogen-bond donors (Lipinski definition) is 0. The predicted octanol–water partition coefficient (Wildman–Crippen LogP) is 17.7. The first-order valence-electron chi connectivity index (χ1n) is 21.2. The van der Waals surface area contributed by atoms with Crippen molar-refractivity contribution in [3.63, 3.8) is 0 Å². The van der Waals surface area contributed by atoms with E-state index in [-0.39, 0.29) is 0 Å². The molecule has 12 aromatic rings. The van der Waals surface area contributed by atoms with Gasteiger partial charge in [0.25, 0.3) is 0 Å². The van der Waals surface area contributed by atoms with Gasteiger partial charge >= 0.3 is 0 Å². The molecule has 12 rings (SSSR count). The summed E-state index contributed by atoms with van der Waals surface area (Å²) in [4.78, 5) is 2.35. The molecule has 0 saturated carbocycles. The molecule has 0 aliphatic rings. The molecule has 0 bridgehead atoms. The highest BCUT2D eigenvalue weighted by Crippen LogP contribution is 2.42. The largest absolute Gasteiger partial charge is 0.311 e. The highest BCUT2D eigenvalue weighted by atomic mass is 32.1. The average Bonchev–Trinajstić information content (AvgIpc) is 3.73. The summed E-state index contributed by atoms with van der Waals surface area (Å²) in [6.07, 6.45) is 0. The number of hydrogen-bond acceptors (Lipinski definition) is 2. The number of thiophene rings is 1. The van der Waals surface area contributed by atoms with Gasteiger partial charge in [0.1, 0.15) is 0 Å². The highest BCUT2D eigenvalue weighted by molar-refractivity contribution is 7.25. The van der Waals surface area contributed by atoms with Crippen LogP contribution in [0.3, 0.4) is 0 Å². The van der Waals surface area contributed by atoms with Crippen LogP contribution in [0.5, 0.6) is 0 Å². The fourth-order valence-corrected chi connectivity index (χ4v) is 10.4. The number of rotatable bonds is 7. The Morgan fingerprint density at radius 2 is 0.532 bits per heavy atom. The SMILES string of the molecule is c1ccc(-c2ccc(N(c3ccc(-c4ccccc4)cc3)c3ccc(-c4ccc5c6ccc(-c7ccc8sc9ccccc9c8c7)cc6c6ccccc6c5c4)cc3)cc2)cc1. The second-order valence-corrected chi connectivity index (χ2v) is 17.2. The fraction of sp³-hybridized carbons (Fsp3) is 0. The van der Waals surface area contributed by atoms with Crippen molar-refractivity contribution in [1.82, 2.24) is 0 Å². The first kappa shape index (κ1) is 36.1. The maximum Gasteiger partial charge on any atom is 0.0462 e. The topological polar surface area (TPSA) is 3.24 Å². The van der Waals surface area contributed by atoms with Crippen LogP contribution in [0.4, 0.5) is 17.1 Å². The average molecular weight is 806 g/mol. The van der Waals surface area contributed by atoms with Crippen molar-refractivity contribution >= 4 is 80.9 Å². The van der Waals surface area contributed by atoms with Crippen LogP contribution in [0, 0.1) is 0 Å². The van der Waals surface area contributed by atoms with Gasteiger partial charge in [-0.25, -0.2) is 0 Å². The molecule has 0 atom stereocenters. The Hall–Kier alpha value is -7.78. The minimum atomic E-state index is 1.10. The maximum absolute atomic E-state index is 2.40. The standard InChI is InChI=1S/C60H39NS/c1-3-11-40(12-4-1)42-19-28-48(29-20-42)61(49-30-21-43(22-31-49)41-13-5-2-6-14-41)50-32-23-44(24-33-50)45-25-34-53-54-35-26-46(38-57(54)52-16-8-7-15-51(52)56(53)37-45)47-27-36-60-58(39-47)55-17-9-10-18-59(55)62-60/h1-39H. The molecule has 1 nitrogen and oxygen atoms in total. The number of anilines is 3. The lowest BCUT2D eigenvalue weighted by Gasteiger charge is -2.26. The van der Waals surface area contributed by atoms with Gasteiger partial charge in [0.15, 0.2) is 0 Å². The van der Waals surface area contributed by atoms with Gasteiger partial charge in [-0.15, -0.1) is 11.3 Å². The van der Waals surface area contributed by atoms with Gasteiger partial charge < -0.3 is 4.90 Å². The fourth-order valence-electron chi connectivity index (χ4n) is 9.34. The molecule has 0 spiro atoms. The van der Waals surface area contributed by atoms with Crippen molar-refractivity contribution < 1.29 is 0 Å². The van der Waals surface area contributed by atoms with Crippen LogP contribution in [0.25, 0.3) is 97.0 Å². The number of nitrogens with zero attached hydrogens (tertiary/aromatic N) is 1. The molecule has 0 fully saturated rings. The van der Waals surface area contributed by atoms with E-state index in [1.165, 1.54) is 97.0 Å². The van der Waals surface area contributed by atoms with Gasteiger partial charge in [0.2, 0.25) is 0 Å². The summed E-state index contributed by atoms with van der Waals surface area (Å²) in [5, 5.41) is 10.3. The van der Waals surface area contributed by atoms with Crippen molar-refractivity contribution in [2.45, 2.75) is 0 Å². The zero-order valence-electron chi connectivity index (χ0n) is 33.9. The monoisotopic (exact) mass is 805 g/mol. The Bertz CT molecular complexity index is 3490. The van der Waals surface area contributed by atoms with Crippen molar-refractivity contribution in [2.75, 3.05) is 4.90 Å². The lowest BCUT2D eigenvalue weighted by Crippen LogP contribution is -2.09. The zero-order chi connectivity index (χ0) is 41.0. The lowest BCUT2D eigenvalue weighted by molar-refractivity contribution is 1.28. The van der Waals surface area contributed by atoms with Crippen LogP contribution in [-0.4, -0.2) is 0 Å². The third-order valence-electron chi connectivity index (χ3n) is 12.5. The van der Waals surface area contributed by atoms with Crippen LogP contribution < -0.4 is 4.90 Å². The molecule has 1 heterocycles. The Balaban J connectivity index is 0.918. The summed E-state index contributed by atoms with van der Waals surface area (Å²) >= 11 is 1.87. The van der Waals surface area contributed by atoms with Crippen LogP contribution >= 0.6 is 11.3 Å². The molecular weight excluding hydrogens is 767 g/mol. The molecule has 290 valence electrons. The van der Waals surface area contributed by atoms with Gasteiger partial charge in [-0.2, -0.15) is 0 Å². The molecule has 0 unspecified atom stereocenters. The second kappa shape index (κ2) is 15.0. The van der Waals surface area contributed by atoms with Gasteiger partial charge in [-0.05, 0) is 144 Å². The third-order valence-corrected chi connectivity index (χ3v) is 13.6. The Morgan fingerprint density at radius 1 is 0.210 bits per heavy atom. The van der Waals surface area contributed by atoms with Gasteiger partial charge in [-0.3, -0.25) is 0 Å². The summed E-state index contributed by atoms with van der Waals surface area (Å²) in [5.74, 6) is 0. The number of benzene rings is 11. The molecule has 0 radical (unpaired) electrons. The number of fused-ring (bicyclic) bond motifs is 9. The predicted molar refractivity (Wildman–Crippen MR) is 268 cm³/mol. The lowest BCUT2D eigenvalue weighted by atomic mass is 9.90. The van der Waals surface area contributed by atoms with E-state index in [9.17, 15) is 0 Å². The smallest absolute Gasteiger partial charge is 0.0462 e. The van der Waals surface area contributed by atoms with E-state index in [2.05, 4.69) is 241 Å². The summed E-state index contributed by atoms with van der Waals surface area (Å²) in [6.45, 7) is 0. The van der Waals surface area contributed by atoms with E-state index in [4.69, 9.17) is 0 Å². The van der Waals surface area contributed by atoms with E-state index >= 15 is 0 Å². The van der Waals surface area contributed by atoms with Crippen molar-refractivity contribution in [2.24, 2.45) is 0 Å². The molecule has 0 aliphatic heterocycles. The van der Waals surface area contributed by atoms with Crippen LogP contribution in [0.15, 0.2) is 237 Å². The van der Waals surface area contributed by atoms with Crippen molar-refractivity contribution in [3.05, 3.63) is 237 Å². The molecular formula is C60H39NS. The normalized spacial score (nSPS) is 11.5. The molecule has 62 heavy (non-hydrogen) atoms. The Kier molecular flexibility index (Phi) is 8.76. The summed E-state index contributed by atoms with van der Waals surface area (Å²) in [6, 6.07) is 86.6. The molecule has 0 saturated heterocycles. The Labute approximate surface area is 365 Å². The Morgan fingerprint density at radius 3 is 1.03 bits per heavy atom. The molecule has 0 N–H and O–H groups in total. The minimum Gasteiger partial charge on any atom is -0.311 e. The van der Waals surface area contributed by atoms with E-state index in [0.717, 1.165) is 17.1 Å². The second-order valence-electron chi connectivity index (χ2n) is 16.1. The van der Waals surface area contributed by atoms with Crippen LogP contribution in [0.2, 0.25) is 0 Å². The van der Waals surface area contributed by atoms with E-state index in [1.807, 2.05) is 11.3 Å². The summed E-state index contributed by atoms with van der Waals surface area (Å²) in [7, 11) is 0. The summed E-state index contributed by atoms with van der Waals surface area (Å²) in [5.41, 5.74) is 13.0. The van der Waals surface area contributed by atoms with E-state index < -0.39 is 0 Å². The molecule has 11 aromatic carbocycles. The zero-order valence-corrected chi connectivity index (χ0v) is 34.7. The maximum atomic E-state index is 2.40. The molecule has 0 aliphatic carbocycles. The van der Waals surface area contributed by atoms with E-state index in [0.29, 0.717) is 0 Å². The van der Waals surface area contributed by atoms with E-state index in [1.54, 1.807) is 0 Å². The highest BCUT2D eigenvalue weighted by Gasteiger charge is 2.16. The third kappa shape index (κ3) is 6.32. The summed E-state index contributed by atoms with van der Waals surface area (Å²) < 4.78 is 2.67. The van der Waals surface area contributed by atoms with Gasteiger partial charge in [-0.1, -0.05) is 170 Å². The quantitative estimate of drug-likeness (QED) is 0.145. The molecule has 0 amide bonds. The minimum absolute atomic E-state index is 1.10. The van der Waals surface area contributed by atoms with Gasteiger partial charge in [0.05, 0.1) is 0 Å². The van der Waals surface area contributed by atoms with Crippen molar-refractivity contribution in [1.29, 1.82) is 0 Å². The van der Waals surface area contributed by atoms with Crippen molar-refractivity contribution in [3.8, 4) is 44.5 Å². The van der Waals surface area contributed by atoms with Gasteiger partial charge in [0, 0.05) is 37.2 Å². The first-order valence-corrected chi connectivity index (χ1v) is 22.0. The van der Waals surface area contributed by atoms with Crippen LogP contribution in [0.1, 0.15) is 0 Å². The molecule has 1 aromatic heterocycles.